The van der Waals surface area contributed by atoms with Gasteiger partial charge in [0.1, 0.15) is 0 Å². The molecule has 1 rings (SSSR count). The molecule has 0 aromatic heterocycles. The smallest absolute Gasteiger partial charge is 0.0836 e. The molecule has 2 nitrogen and oxygen atoms in total. The number of allylic oxidation sites excluding steroid dienone is 2. The lowest BCUT2D eigenvalue weighted by molar-refractivity contribution is 0.00693. The number of ether oxygens (including phenoxy) is 1. The molecule has 110 valence electrons. The summed E-state index contributed by atoms with van der Waals surface area (Å²) in [5.41, 5.74) is 2.43. The molecular weight excluding hydrogens is 248 g/mol. The topological polar surface area (TPSA) is 29.5 Å². The number of benzene rings is 1. The Morgan fingerprint density at radius 3 is 2.60 bits per heavy atom. The van der Waals surface area contributed by atoms with Crippen molar-refractivity contribution in [3.8, 4) is 0 Å². The van der Waals surface area contributed by atoms with Crippen molar-refractivity contribution in [1.29, 1.82) is 0 Å². The maximum absolute atomic E-state index is 10.1. The van der Waals surface area contributed by atoms with E-state index in [-0.39, 0.29) is 5.92 Å². The molecule has 0 aliphatic rings. The summed E-state index contributed by atoms with van der Waals surface area (Å²) in [6.07, 6.45) is 5.41. The van der Waals surface area contributed by atoms with Crippen molar-refractivity contribution in [3.63, 3.8) is 0 Å². The largest absolute Gasteiger partial charge is 0.390 e. The number of hydrogen-bond donors (Lipinski definition) is 1. The predicted molar refractivity (Wildman–Crippen MR) is 84.5 cm³/mol. The normalized spacial score (nSPS) is 13.6. The lowest BCUT2D eigenvalue weighted by atomic mass is 9.97. The highest BCUT2D eigenvalue weighted by Gasteiger charge is 2.15. The van der Waals surface area contributed by atoms with Crippen LogP contribution in [0.25, 0.3) is 0 Å². The Morgan fingerprint density at radius 1 is 1.30 bits per heavy atom. The highest BCUT2D eigenvalue weighted by molar-refractivity contribution is 5.13. The van der Waals surface area contributed by atoms with Crippen molar-refractivity contribution in [2.75, 3.05) is 6.61 Å². The molecule has 1 N–H and O–H groups in total. The Labute approximate surface area is 122 Å². The standard InChI is InChI=1S/C18H26O2/c1-4-17(12-8-9-15(2)3)18(19)14-20-13-16-10-6-5-7-11-16/h4-7,9-11,17-19H,1,8,12-14H2,2-3H3/t17-,18+/m0/s1. The van der Waals surface area contributed by atoms with E-state index in [2.05, 4.69) is 26.5 Å². The van der Waals surface area contributed by atoms with Crippen LogP contribution in [-0.2, 0) is 11.3 Å². The van der Waals surface area contributed by atoms with Gasteiger partial charge in [0.15, 0.2) is 0 Å². The Kier molecular flexibility index (Phi) is 7.93. The van der Waals surface area contributed by atoms with Gasteiger partial charge in [0, 0.05) is 5.92 Å². The first kappa shape index (κ1) is 16.7. The van der Waals surface area contributed by atoms with Gasteiger partial charge in [0.2, 0.25) is 0 Å². The summed E-state index contributed by atoms with van der Waals surface area (Å²) in [7, 11) is 0. The average molecular weight is 274 g/mol. The van der Waals surface area contributed by atoms with Crippen LogP contribution in [0.3, 0.4) is 0 Å². The first-order valence-corrected chi connectivity index (χ1v) is 7.19. The van der Waals surface area contributed by atoms with Crippen LogP contribution >= 0.6 is 0 Å². The van der Waals surface area contributed by atoms with E-state index in [0.29, 0.717) is 13.2 Å². The second-order valence-corrected chi connectivity index (χ2v) is 5.33. The van der Waals surface area contributed by atoms with E-state index in [9.17, 15) is 5.11 Å². The highest BCUT2D eigenvalue weighted by atomic mass is 16.5. The highest BCUT2D eigenvalue weighted by Crippen LogP contribution is 2.15. The summed E-state index contributed by atoms with van der Waals surface area (Å²) >= 11 is 0. The van der Waals surface area contributed by atoms with E-state index in [1.807, 2.05) is 36.4 Å². The predicted octanol–water partition coefficient (Wildman–Crippen LogP) is 4.11. The molecule has 20 heavy (non-hydrogen) atoms. The zero-order valence-electron chi connectivity index (χ0n) is 12.6. The van der Waals surface area contributed by atoms with E-state index in [1.54, 1.807) is 0 Å². The van der Waals surface area contributed by atoms with Crippen LogP contribution in [0.2, 0.25) is 0 Å². The van der Waals surface area contributed by atoms with Gasteiger partial charge in [-0.15, -0.1) is 6.58 Å². The maximum Gasteiger partial charge on any atom is 0.0836 e. The number of hydrogen-bond acceptors (Lipinski definition) is 2. The summed E-state index contributed by atoms with van der Waals surface area (Å²) in [4.78, 5) is 0. The molecule has 0 heterocycles. The number of aliphatic hydroxyl groups excluding tert-OH is 1. The van der Waals surface area contributed by atoms with Gasteiger partial charge in [-0.2, -0.15) is 0 Å². The third kappa shape index (κ3) is 6.69. The zero-order chi connectivity index (χ0) is 14.8. The fourth-order valence-corrected chi connectivity index (χ4v) is 2.03. The molecule has 0 bridgehead atoms. The Bertz CT molecular complexity index is 405. The molecule has 2 atom stereocenters. The van der Waals surface area contributed by atoms with Gasteiger partial charge < -0.3 is 9.84 Å². The fourth-order valence-electron chi connectivity index (χ4n) is 2.03. The van der Waals surface area contributed by atoms with Crippen LogP contribution < -0.4 is 0 Å². The summed E-state index contributed by atoms with van der Waals surface area (Å²) in [6, 6.07) is 10.00. The third-order valence-electron chi connectivity index (χ3n) is 3.25. The van der Waals surface area contributed by atoms with Crippen molar-refractivity contribution < 1.29 is 9.84 Å². The van der Waals surface area contributed by atoms with E-state index in [4.69, 9.17) is 4.74 Å². The van der Waals surface area contributed by atoms with Crippen LogP contribution in [0.15, 0.2) is 54.6 Å². The van der Waals surface area contributed by atoms with Gasteiger partial charge in [-0.25, -0.2) is 0 Å². The van der Waals surface area contributed by atoms with Crippen molar-refractivity contribution in [2.24, 2.45) is 5.92 Å². The molecule has 1 aromatic carbocycles. The second kappa shape index (κ2) is 9.51. The minimum atomic E-state index is -0.484. The number of rotatable bonds is 9. The molecule has 0 saturated carbocycles. The monoisotopic (exact) mass is 274 g/mol. The van der Waals surface area contributed by atoms with Gasteiger partial charge in [-0.1, -0.05) is 48.1 Å². The van der Waals surface area contributed by atoms with Crippen molar-refractivity contribution in [2.45, 2.75) is 39.4 Å². The van der Waals surface area contributed by atoms with Crippen molar-refractivity contribution in [1.82, 2.24) is 0 Å². The lowest BCUT2D eigenvalue weighted by Crippen LogP contribution is -2.24. The molecule has 0 unspecified atom stereocenters. The number of aliphatic hydroxyl groups is 1. The van der Waals surface area contributed by atoms with Crippen molar-refractivity contribution in [3.05, 3.63) is 60.2 Å². The first-order valence-electron chi connectivity index (χ1n) is 7.19. The summed E-state index contributed by atoms with van der Waals surface area (Å²) in [6.45, 7) is 8.87. The molecular formula is C18H26O2. The molecule has 0 radical (unpaired) electrons. The molecule has 0 spiro atoms. The lowest BCUT2D eigenvalue weighted by Gasteiger charge is -2.19. The Morgan fingerprint density at radius 2 is 2.00 bits per heavy atom. The van der Waals surface area contributed by atoms with Crippen LogP contribution in [0, 0.1) is 5.92 Å². The van der Waals surface area contributed by atoms with E-state index in [0.717, 1.165) is 18.4 Å². The molecule has 0 saturated heterocycles. The molecule has 0 aliphatic carbocycles. The average Bonchev–Trinajstić information content (AvgIpc) is 2.44. The van der Waals surface area contributed by atoms with Crippen LogP contribution in [0.4, 0.5) is 0 Å². The van der Waals surface area contributed by atoms with Gasteiger partial charge in [-0.3, -0.25) is 0 Å². The second-order valence-electron chi connectivity index (χ2n) is 5.33. The van der Waals surface area contributed by atoms with Crippen LogP contribution in [-0.4, -0.2) is 17.8 Å². The summed E-state index contributed by atoms with van der Waals surface area (Å²) in [5.74, 6) is 0.0846. The molecule has 0 aliphatic heterocycles. The van der Waals surface area contributed by atoms with Crippen molar-refractivity contribution >= 4 is 0 Å². The first-order chi connectivity index (χ1) is 9.63. The SMILES string of the molecule is C=C[C@@H](CCC=C(C)C)[C@H](O)COCc1ccccc1. The third-order valence-corrected chi connectivity index (χ3v) is 3.25. The fraction of sp³-hybridized carbons (Fsp3) is 0.444. The van der Waals surface area contributed by atoms with Crippen LogP contribution in [0.1, 0.15) is 32.3 Å². The summed E-state index contributed by atoms with van der Waals surface area (Å²) < 4.78 is 5.58. The molecule has 0 fully saturated rings. The van der Waals surface area contributed by atoms with Gasteiger partial charge >= 0.3 is 0 Å². The van der Waals surface area contributed by atoms with E-state index >= 15 is 0 Å². The summed E-state index contributed by atoms with van der Waals surface area (Å²) in [5, 5.41) is 10.1. The minimum Gasteiger partial charge on any atom is -0.390 e. The van der Waals surface area contributed by atoms with E-state index < -0.39 is 6.10 Å². The van der Waals surface area contributed by atoms with Gasteiger partial charge in [0.05, 0.1) is 19.3 Å². The molecule has 1 aromatic rings. The van der Waals surface area contributed by atoms with E-state index in [1.165, 1.54) is 5.57 Å². The zero-order valence-corrected chi connectivity index (χ0v) is 12.6. The minimum absolute atomic E-state index is 0.0846. The maximum atomic E-state index is 10.1. The Balaban J connectivity index is 2.30. The van der Waals surface area contributed by atoms with Gasteiger partial charge in [-0.05, 0) is 32.3 Å². The molecule has 2 heteroatoms. The van der Waals surface area contributed by atoms with Gasteiger partial charge in [0.25, 0.3) is 0 Å². The van der Waals surface area contributed by atoms with Crippen LogP contribution in [0.5, 0.6) is 0 Å². The quantitative estimate of drug-likeness (QED) is 0.687. The molecule has 0 amide bonds. The Hall–Kier alpha value is -1.38.